The van der Waals surface area contributed by atoms with Crippen LogP contribution in [-0.4, -0.2) is 34.7 Å². The van der Waals surface area contributed by atoms with Gasteiger partial charge in [0.2, 0.25) is 0 Å². The second-order valence-corrected chi connectivity index (χ2v) is 11.0. The molecule has 5 heteroatoms. The molecule has 0 unspecified atom stereocenters. The molecule has 5 rings (SSSR count). The number of carbonyl (C=O) groups excluding carboxylic acids is 2. The predicted octanol–water partition coefficient (Wildman–Crippen LogP) is 7.29. The van der Waals surface area contributed by atoms with Crippen molar-refractivity contribution < 1.29 is 14.0 Å². The summed E-state index contributed by atoms with van der Waals surface area (Å²) in [6.07, 6.45) is 6.39. The van der Waals surface area contributed by atoms with Crippen LogP contribution < -0.4 is 0 Å². The van der Waals surface area contributed by atoms with Gasteiger partial charge >= 0.3 is 0 Å². The fourth-order valence-electron chi connectivity index (χ4n) is 5.36. The third kappa shape index (κ3) is 6.36. The molecule has 1 fully saturated rings. The lowest BCUT2D eigenvalue weighted by molar-refractivity contribution is 0.0712. The fourth-order valence-corrected chi connectivity index (χ4v) is 5.36. The molecule has 2 aromatic carbocycles. The van der Waals surface area contributed by atoms with Crippen molar-refractivity contribution in [3.63, 3.8) is 0 Å². The van der Waals surface area contributed by atoms with E-state index in [4.69, 9.17) is 4.42 Å². The van der Waals surface area contributed by atoms with E-state index in [1.54, 1.807) is 12.5 Å². The molecule has 0 radical (unpaired) electrons. The number of piperidine rings is 1. The largest absolute Gasteiger partial charge is 0.464 e. The van der Waals surface area contributed by atoms with Crippen LogP contribution in [0.25, 0.3) is 11.3 Å². The van der Waals surface area contributed by atoms with Gasteiger partial charge in [-0.3, -0.25) is 14.6 Å². The lowest BCUT2D eigenvalue weighted by Gasteiger charge is -2.32. The molecule has 1 amide bonds. The van der Waals surface area contributed by atoms with Gasteiger partial charge in [-0.25, -0.2) is 0 Å². The summed E-state index contributed by atoms with van der Waals surface area (Å²) in [5, 5.41) is 0. The highest BCUT2D eigenvalue weighted by molar-refractivity contribution is 5.98. The van der Waals surface area contributed by atoms with E-state index < -0.39 is 0 Å². The minimum atomic E-state index is 0.0187. The minimum absolute atomic E-state index is 0.0187. The van der Waals surface area contributed by atoms with E-state index in [-0.39, 0.29) is 18.1 Å². The Balaban J connectivity index is 1.20. The van der Waals surface area contributed by atoms with Crippen LogP contribution in [-0.2, 0) is 12.8 Å². The van der Waals surface area contributed by atoms with E-state index >= 15 is 0 Å². The number of benzene rings is 2. The number of nitrogens with zero attached hydrogens (tertiary/aromatic N) is 2. The summed E-state index contributed by atoms with van der Waals surface area (Å²) < 4.78 is 5.50. The third-order valence-electron chi connectivity index (χ3n) is 7.68. The zero-order valence-electron chi connectivity index (χ0n) is 23.0. The molecule has 2 aromatic heterocycles. The number of Topliss-reactive ketones (excluding diaryl/α,β-unsaturated/α-hetero) is 1. The van der Waals surface area contributed by atoms with E-state index in [2.05, 4.69) is 43.1 Å². The molecule has 3 heterocycles. The van der Waals surface area contributed by atoms with Crippen LogP contribution in [0.15, 0.2) is 83.6 Å². The monoisotopic (exact) mass is 520 g/mol. The van der Waals surface area contributed by atoms with Gasteiger partial charge in [0.1, 0.15) is 5.76 Å². The summed E-state index contributed by atoms with van der Waals surface area (Å²) >= 11 is 0. The highest BCUT2D eigenvalue weighted by atomic mass is 16.3. The van der Waals surface area contributed by atoms with Gasteiger partial charge in [-0.1, -0.05) is 44.2 Å². The fraction of sp³-hybridized carbons (Fsp3) is 0.324. The van der Waals surface area contributed by atoms with Crippen LogP contribution in [0, 0.1) is 12.8 Å². The maximum Gasteiger partial charge on any atom is 0.253 e. The van der Waals surface area contributed by atoms with Gasteiger partial charge in [0.25, 0.3) is 5.91 Å². The number of amides is 1. The third-order valence-corrected chi connectivity index (χ3v) is 7.68. The summed E-state index contributed by atoms with van der Waals surface area (Å²) in [7, 11) is 0. The number of furan rings is 1. The van der Waals surface area contributed by atoms with E-state index in [1.165, 1.54) is 5.56 Å². The zero-order valence-corrected chi connectivity index (χ0v) is 23.0. The molecule has 1 saturated heterocycles. The molecular weight excluding hydrogens is 484 g/mol. The number of aryl methyl sites for hydroxylation is 1. The highest BCUT2D eigenvalue weighted by Gasteiger charge is 2.25. The SMILES string of the molecule is Cc1ccc(C(=O)N2CCC(c3ccc(-c4ccco4)cc3)CC2)cc1CC(=O)c1ccc(CC(C)C)nc1. The summed E-state index contributed by atoms with van der Waals surface area (Å²) in [6, 6.07) is 22.0. The van der Waals surface area contributed by atoms with Crippen molar-refractivity contribution in [1.29, 1.82) is 0 Å². The van der Waals surface area contributed by atoms with E-state index in [0.29, 0.717) is 23.0 Å². The van der Waals surface area contributed by atoms with Crippen LogP contribution in [0.1, 0.15) is 75.7 Å². The van der Waals surface area contributed by atoms with Crippen molar-refractivity contribution >= 4 is 11.7 Å². The van der Waals surface area contributed by atoms with Crippen molar-refractivity contribution in [1.82, 2.24) is 9.88 Å². The average Bonchev–Trinajstić information content (AvgIpc) is 3.49. The number of carbonyl (C=O) groups is 2. The molecule has 1 aliphatic heterocycles. The van der Waals surface area contributed by atoms with Crippen LogP contribution in [0.5, 0.6) is 0 Å². The molecule has 0 aliphatic carbocycles. The molecule has 1 aliphatic rings. The maximum absolute atomic E-state index is 13.4. The number of rotatable bonds is 8. The van der Waals surface area contributed by atoms with Gasteiger partial charge in [0, 0.05) is 48.1 Å². The first-order valence-electron chi connectivity index (χ1n) is 13.9. The molecule has 5 nitrogen and oxygen atoms in total. The van der Waals surface area contributed by atoms with Crippen LogP contribution in [0.3, 0.4) is 0 Å². The number of likely N-dealkylation sites (tertiary alicyclic amines) is 1. The molecule has 39 heavy (non-hydrogen) atoms. The van der Waals surface area contributed by atoms with Gasteiger partial charge in [0.05, 0.1) is 6.26 Å². The molecular formula is C34H36N2O3. The van der Waals surface area contributed by atoms with Gasteiger partial charge in [-0.15, -0.1) is 0 Å². The van der Waals surface area contributed by atoms with Gasteiger partial charge < -0.3 is 9.32 Å². The number of ketones is 1. The predicted molar refractivity (Wildman–Crippen MR) is 154 cm³/mol. The molecule has 0 saturated carbocycles. The normalized spacial score (nSPS) is 14.1. The Morgan fingerprint density at radius 3 is 2.36 bits per heavy atom. The summed E-state index contributed by atoms with van der Waals surface area (Å²) in [6.45, 7) is 7.74. The first-order chi connectivity index (χ1) is 18.9. The van der Waals surface area contributed by atoms with Crippen molar-refractivity contribution in [2.75, 3.05) is 13.1 Å². The number of pyridine rings is 1. The number of hydrogen-bond donors (Lipinski definition) is 0. The molecule has 200 valence electrons. The second-order valence-electron chi connectivity index (χ2n) is 11.0. The van der Waals surface area contributed by atoms with Gasteiger partial charge in [-0.05, 0) is 91.1 Å². The Bertz CT molecular complexity index is 1410. The maximum atomic E-state index is 13.4. The molecule has 4 aromatic rings. The Hall–Kier alpha value is -3.99. The lowest BCUT2D eigenvalue weighted by Crippen LogP contribution is -2.38. The summed E-state index contributed by atoms with van der Waals surface area (Å²) in [4.78, 5) is 32.8. The smallest absolute Gasteiger partial charge is 0.253 e. The number of hydrogen-bond acceptors (Lipinski definition) is 4. The van der Waals surface area contributed by atoms with Crippen LogP contribution in [0.2, 0.25) is 0 Å². The first-order valence-corrected chi connectivity index (χ1v) is 13.9. The topological polar surface area (TPSA) is 63.4 Å². The van der Waals surface area contributed by atoms with Gasteiger partial charge in [-0.2, -0.15) is 0 Å². The van der Waals surface area contributed by atoms with E-state index in [9.17, 15) is 9.59 Å². The summed E-state index contributed by atoms with van der Waals surface area (Å²) in [5.41, 5.74) is 6.54. The first kappa shape index (κ1) is 26.6. The molecule has 0 bridgehead atoms. The van der Waals surface area contributed by atoms with Crippen molar-refractivity contribution in [2.24, 2.45) is 5.92 Å². The molecule has 0 N–H and O–H groups in total. The van der Waals surface area contributed by atoms with Crippen molar-refractivity contribution in [2.45, 2.75) is 52.4 Å². The van der Waals surface area contributed by atoms with Gasteiger partial charge in [0.15, 0.2) is 5.78 Å². The Morgan fingerprint density at radius 2 is 1.72 bits per heavy atom. The second kappa shape index (κ2) is 11.8. The minimum Gasteiger partial charge on any atom is -0.464 e. The number of aromatic nitrogens is 1. The molecule has 0 atom stereocenters. The lowest BCUT2D eigenvalue weighted by atomic mass is 9.88. The Kier molecular flexibility index (Phi) is 8.06. The molecule has 0 spiro atoms. The highest BCUT2D eigenvalue weighted by Crippen LogP contribution is 2.31. The standard InChI is InChI=1S/C34H36N2O3/c1-23(2)19-31-13-12-29(22-35-31)32(37)21-30-20-28(7-6-24(30)3)34(38)36-16-14-26(15-17-36)25-8-10-27(11-9-25)33-5-4-18-39-33/h4-13,18,20,22-23,26H,14-17,19,21H2,1-3H3. The van der Waals surface area contributed by atoms with Crippen molar-refractivity contribution in [3.05, 3.63) is 113 Å². The average molecular weight is 521 g/mol. The van der Waals surface area contributed by atoms with E-state index in [0.717, 1.165) is 60.5 Å². The Labute approximate surface area is 230 Å². The Morgan fingerprint density at radius 1 is 0.974 bits per heavy atom. The quantitative estimate of drug-likeness (QED) is 0.229. The zero-order chi connectivity index (χ0) is 27.4. The van der Waals surface area contributed by atoms with E-state index in [1.807, 2.05) is 54.3 Å². The van der Waals surface area contributed by atoms with Crippen molar-refractivity contribution in [3.8, 4) is 11.3 Å². The van der Waals surface area contributed by atoms with Crippen LogP contribution >= 0.6 is 0 Å². The van der Waals surface area contributed by atoms with Crippen LogP contribution in [0.4, 0.5) is 0 Å². The summed E-state index contributed by atoms with van der Waals surface area (Å²) in [5.74, 6) is 1.89.